The number of nitrogens with zero attached hydrogens (tertiary/aromatic N) is 6. The molecule has 2 aliphatic heterocycles. The number of benzene rings is 3. The quantitative estimate of drug-likeness (QED) is 0.261. The van der Waals surface area contributed by atoms with Gasteiger partial charge in [-0.05, 0) is 67.9 Å². The normalized spacial score (nSPS) is 15.3. The van der Waals surface area contributed by atoms with E-state index >= 15 is 0 Å². The van der Waals surface area contributed by atoms with Gasteiger partial charge >= 0.3 is 0 Å². The second kappa shape index (κ2) is 10.0. The molecule has 8 nitrogen and oxygen atoms in total. The Hall–Kier alpha value is -5.31. The lowest BCUT2D eigenvalue weighted by Crippen LogP contribution is -2.46. The fraction of sp³-hybridized carbons (Fsp3) is 0.125. The maximum atomic E-state index is 14.1. The number of pyridine rings is 1. The summed E-state index contributed by atoms with van der Waals surface area (Å²) in [5.41, 5.74) is 5.06. The third kappa shape index (κ3) is 4.22. The van der Waals surface area contributed by atoms with Gasteiger partial charge in [-0.25, -0.2) is 19.4 Å². The number of anilines is 2. The number of amidine groups is 2. The number of halogens is 1. The number of fused-ring (bicyclic) bond motifs is 4. The number of hydrogen-bond donors (Lipinski definition) is 1. The van der Waals surface area contributed by atoms with Crippen LogP contribution in [0.25, 0.3) is 5.82 Å². The molecule has 9 heteroatoms. The molecular formula is C32H26FN7O. The van der Waals surface area contributed by atoms with E-state index in [1.807, 2.05) is 92.7 Å². The van der Waals surface area contributed by atoms with Crippen molar-refractivity contribution in [2.24, 2.45) is 9.98 Å². The molecule has 0 aliphatic carbocycles. The Morgan fingerprint density at radius 1 is 0.902 bits per heavy atom. The van der Waals surface area contributed by atoms with Crippen molar-refractivity contribution < 1.29 is 9.13 Å². The highest BCUT2D eigenvalue weighted by atomic mass is 19.1. The molecule has 1 unspecified atom stereocenters. The Kier molecular flexibility index (Phi) is 6.04. The van der Waals surface area contributed by atoms with Crippen LogP contribution in [0.5, 0.6) is 5.75 Å². The number of aromatic nitrogens is 3. The number of aryl methyl sites for hydroxylation is 1. The molecule has 0 spiro atoms. The van der Waals surface area contributed by atoms with E-state index in [0.29, 0.717) is 35.7 Å². The molecule has 41 heavy (non-hydrogen) atoms. The van der Waals surface area contributed by atoms with Gasteiger partial charge in [-0.15, -0.1) is 0 Å². The predicted octanol–water partition coefficient (Wildman–Crippen LogP) is 6.91. The first kappa shape index (κ1) is 24.7. The largest absolute Gasteiger partial charge is 0.492 e. The zero-order valence-electron chi connectivity index (χ0n) is 22.5. The Balaban J connectivity index is 1.48. The van der Waals surface area contributed by atoms with Crippen LogP contribution in [0.3, 0.4) is 0 Å². The molecule has 5 aromatic rings. The van der Waals surface area contributed by atoms with E-state index in [1.54, 1.807) is 10.9 Å². The van der Waals surface area contributed by atoms with Gasteiger partial charge in [-0.2, -0.15) is 9.78 Å². The lowest BCUT2D eigenvalue weighted by atomic mass is 9.93. The van der Waals surface area contributed by atoms with E-state index < -0.39 is 0 Å². The fourth-order valence-electron chi connectivity index (χ4n) is 5.38. The van der Waals surface area contributed by atoms with Gasteiger partial charge in [-0.3, -0.25) is 0 Å². The molecule has 4 heterocycles. The Morgan fingerprint density at radius 3 is 2.49 bits per heavy atom. The average Bonchev–Trinajstić information content (AvgIpc) is 3.34. The summed E-state index contributed by atoms with van der Waals surface area (Å²) in [5, 5.41) is 8.38. The first-order valence-corrected chi connectivity index (χ1v) is 13.4. The SMILES string of the molecule is CCOc1ccccc1NC1=Nc2ccccc2N2C1=Nc1c(c(C)nn1-c1ccccn1)C2c1ccc(F)cc1. The van der Waals surface area contributed by atoms with Crippen LogP contribution in [0.4, 0.5) is 27.3 Å². The second-order valence-corrected chi connectivity index (χ2v) is 9.69. The Bertz CT molecular complexity index is 1810. The van der Waals surface area contributed by atoms with E-state index in [2.05, 4.69) is 15.2 Å². The van der Waals surface area contributed by atoms with Crippen LogP contribution in [-0.2, 0) is 0 Å². The first-order valence-electron chi connectivity index (χ1n) is 13.4. The summed E-state index contributed by atoms with van der Waals surface area (Å²) in [6, 6.07) is 27.6. The van der Waals surface area contributed by atoms with Crippen molar-refractivity contribution in [3.05, 3.63) is 120 Å². The minimum Gasteiger partial charge on any atom is -0.492 e. The van der Waals surface area contributed by atoms with Gasteiger partial charge in [0, 0.05) is 11.8 Å². The third-order valence-electron chi connectivity index (χ3n) is 7.13. The monoisotopic (exact) mass is 543 g/mol. The van der Waals surface area contributed by atoms with Gasteiger partial charge in [0.2, 0.25) is 0 Å². The molecule has 0 fully saturated rings. The maximum Gasteiger partial charge on any atom is 0.179 e. The molecule has 0 bridgehead atoms. The van der Waals surface area contributed by atoms with E-state index in [1.165, 1.54) is 12.1 Å². The minimum atomic E-state index is -0.355. The van der Waals surface area contributed by atoms with Gasteiger partial charge in [0.25, 0.3) is 0 Å². The number of hydrogen-bond acceptors (Lipinski definition) is 7. The summed E-state index contributed by atoms with van der Waals surface area (Å²) in [7, 11) is 0. The highest BCUT2D eigenvalue weighted by Gasteiger charge is 2.41. The maximum absolute atomic E-state index is 14.1. The highest BCUT2D eigenvalue weighted by molar-refractivity contribution is 6.51. The molecule has 2 aromatic heterocycles. The number of nitrogens with one attached hydrogen (secondary N) is 1. The fourth-order valence-corrected chi connectivity index (χ4v) is 5.38. The summed E-state index contributed by atoms with van der Waals surface area (Å²) >= 11 is 0. The lowest BCUT2D eigenvalue weighted by molar-refractivity contribution is 0.342. The van der Waals surface area contributed by atoms with Gasteiger partial charge in [-0.1, -0.05) is 42.5 Å². The molecular weight excluding hydrogens is 517 g/mol. The average molecular weight is 544 g/mol. The highest BCUT2D eigenvalue weighted by Crippen LogP contribution is 2.48. The van der Waals surface area contributed by atoms with Gasteiger partial charge in [0.05, 0.1) is 35.4 Å². The topological polar surface area (TPSA) is 79.9 Å². The number of aliphatic imine (C=N–C) groups is 2. The summed E-state index contributed by atoms with van der Waals surface area (Å²) in [4.78, 5) is 16.9. The number of rotatable bonds is 5. The molecule has 1 N–H and O–H groups in total. The van der Waals surface area contributed by atoms with Crippen molar-refractivity contribution in [1.82, 2.24) is 14.8 Å². The molecule has 3 aromatic carbocycles. The van der Waals surface area contributed by atoms with E-state index in [-0.39, 0.29) is 11.9 Å². The summed E-state index contributed by atoms with van der Waals surface area (Å²) in [6.45, 7) is 4.45. The second-order valence-electron chi connectivity index (χ2n) is 9.69. The summed E-state index contributed by atoms with van der Waals surface area (Å²) in [5.74, 6) is 2.87. The smallest absolute Gasteiger partial charge is 0.179 e. The zero-order chi connectivity index (χ0) is 27.9. The third-order valence-corrected chi connectivity index (χ3v) is 7.13. The van der Waals surface area contributed by atoms with Gasteiger partial charge in [0.1, 0.15) is 11.6 Å². The van der Waals surface area contributed by atoms with Gasteiger partial charge < -0.3 is 15.0 Å². The molecule has 202 valence electrons. The van der Waals surface area contributed by atoms with E-state index in [0.717, 1.165) is 33.9 Å². The van der Waals surface area contributed by atoms with Crippen LogP contribution < -0.4 is 15.0 Å². The van der Waals surface area contributed by atoms with Crippen molar-refractivity contribution in [1.29, 1.82) is 0 Å². The van der Waals surface area contributed by atoms with E-state index in [4.69, 9.17) is 19.8 Å². The van der Waals surface area contributed by atoms with Crippen LogP contribution >= 0.6 is 0 Å². The molecule has 2 aliphatic rings. The van der Waals surface area contributed by atoms with Crippen LogP contribution in [0, 0.1) is 12.7 Å². The lowest BCUT2D eigenvalue weighted by Gasteiger charge is -2.40. The van der Waals surface area contributed by atoms with Crippen molar-refractivity contribution in [2.45, 2.75) is 19.9 Å². The standard InChI is InChI=1S/C32H26FN7O/c1-3-41-26-13-7-5-11-24(26)36-30-32-37-31-28(20(2)38-40(31)27-14-8-9-19-34-27)29(21-15-17-22(33)18-16-21)39(32)25-12-6-4-10-23(25)35-30/h4-19,29H,3H2,1-2H3,(H,35,36). The van der Waals surface area contributed by atoms with Crippen molar-refractivity contribution in [3.8, 4) is 11.6 Å². The summed E-state index contributed by atoms with van der Waals surface area (Å²) in [6.07, 6.45) is 1.73. The van der Waals surface area contributed by atoms with Crippen molar-refractivity contribution in [2.75, 3.05) is 16.8 Å². The Morgan fingerprint density at radius 2 is 1.68 bits per heavy atom. The molecule has 0 saturated heterocycles. The Labute approximate surface area is 236 Å². The summed E-state index contributed by atoms with van der Waals surface area (Å²) < 4.78 is 21.8. The van der Waals surface area contributed by atoms with Crippen LogP contribution in [-0.4, -0.2) is 33.0 Å². The molecule has 0 saturated carbocycles. The van der Waals surface area contributed by atoms with Crippen LogP contribution in [0.1, 0.15) is 29.8 Å². The molecule has 1 atom stereocenters. The molecule has 0 amide bonds. The van der Waals surface area contributed by atoms with Crippen molar-refractivity contribution in [3.63, 3.8) is 0 Å². The molecule has 7 rings (SSSR count). The number of para-hydroxylation sites is 4. The van der Waals surface area contributed by atoms with Crippen molar-refractivity contribution >= 4 is 34.6 Å². The van der Waals surface area contributed by atoms with Crippen LogP contribution in [0.15, 0.2) is 107 Å². The minimum absolute atomic E-state index is 0.296. The van der Waals surface area contributed by atoms with E-state index in [9.17, 15) is 4.39 Å². The van der Waals surface area contributed by atoms with Gasteiger partial charge in [0.15, 0.2) is 23.3 Å². The van der Waals surface area contributed by atoms with Crippen LogP contribution in [0.2, 0.25) is 0 Å². The predicted molar refractivity (Wildman–Crippen MR) is 159 cm³/mol. The zero-order valence-corrected chi connectivity index (χ0v) is 22.5. The molecule has 0 radical (unpaired) electrons. The first-order chi connectivity index (χ1) is 20.1. The number of ether oxygens (including phenoxy) is 1.